The van der Waals surface area contributed by atoms with Crippen LogP contribution in [-0.4, -0.2) is 15.7 Å². The van der Waals surface area contributed by atoms with Crippen LogP contribution in [0.15, 0.2) is 28.9 Å². The predicted octanol–water partition coefficient (Wildman–Crippen LogP) is 2.88. The number of halogens is 2. The summed E-state index contributed by atoms with van der Waals surface area (Å²) in [6, 6.07) is 4.47. The second-order valence-electron chi connectivity index (χ2n) is 3.88. The van der Waals surface area contributed by atoms with E-state index < -0.39 is 11.7 Å². The van der Waals surface area contributed by atoms with Crippen LogP contribution in [0.3, 0.4) is 0 Å². The highest BCUT2D eigenvalue weighted by Crippen LogP contribution is 2.24. The number of hydrogen-bond donors (Lipinski definition) is 1. The first-order valence-corrected chi connectivity index (χ1v) is 6.03. The molecular weight excluding hydrogens is 301 g/mol. The molecule has 0 fully saturated rings. The zero-order valence-corrected chi connectivity index (χ0v) is 11.5. The fourth-order valence-electron chi connectivity index (χ4n) is 1.54. The fourth-order valence-corrected chi connectivity index (χ4v) is 1.85. The first-order chi connectivity index (χ1) is 8.49. The normalized spacial score (nSPS) is 10.4. The van der Waals surface area contributed by atoms with E-state index in [1.807, 2.05) is 6.92 Å². The van der Waals surface area contributed by atoms with Crippen molar-refractivity contribution in [1.29, 1.82) is 0 Å². The number of nitrogens with one attached hydrogen (secondary N) is 1. The summed E-state index contributed by atoms with van der Waals surface area (Å²) in [5.41, 5.74) is 1.37. The molecule has 1 amide bonds. The first-order valence-electron chi connectivity index (χ1n) is 5.24. The molecule has 0 saturated carbocycles. The van der Waals surface area contributed by atoms with Crippen LogP contribution in [0.2, 0.25) is 0 Å². The quantitative estimate of drug-likeness (QED) is 0.927. The molecule has 4 nitrogen and oxygen atoms in total. The maximum absolute atomic E-state index is 13.7. The number of hydrogen-bond acceptors (Lipinski definition) is 2. The van der Waals surface area contributed by atoms with E-state index >= 15 is 0 Å². The zero-order chi connectivity index (χ0) is 13.3. The number of anilines is 1. The molecule has 1 aromatic heterocycles. The third-order valence-electron chi connectivity index (χ3n) is 2.55. The lowest BCUT2D eigenvalue weighted by Crippen LogP contribution is -2.17. The molecule has 0 spiro atoms. The van der Waals surface area contributed by atoms with Crippen molar-refractivity contribution in [1.82, 2.24) is 9.78 Å². The van der Waals surface area contributed by atoms with E-state index in [1.165, 1.54) is 16.9 Å². The van der Waals surface area contributed by atoms with Gasteiger partial charge in [0, 0.05) is 17.7 Å². The number of carbonyl (C=O) groups excluding carboxylic acids is 1. The third kappa shape index (κ3) is 2.43. The second-order valence-corrected chi connectivity index (χ2v) is 4.73. The SMILES string of the molecule is Cc1cc(NC(=O)c2ccnn2C)c(F)cc1Br. The van der Waals surface area contributed by atoms with E-state index in [1.54, 1.807) is 19.2 Å². The molecule has 6 heteroatoms. The van der Waals surface area contributed by atoms with Gasteiger partial charge in [0.25, 0.3) is 5.91 Å². The van der Waals surface area contributed by atoms with Gasteiger partial charge in [-0.15, -0.1) is 0 Å². The van der Waals surface area contributed by atoms with E-state index in [0.29, 0.717) is 10.2 Å². The standard InChI is InChI=1S/C12H11BrFN3O/c1-7-5-10(9(14)6-8(7)13)16-12(18)11-3-4-15-17(11)2/h3-6H,1-2H3,(H,16,18). The van der Waals surface area contributed by atoms with Crippen LogP contribution in [0.25, 0.3) is 0 Å². The minimum absolute atomic E-state index is 0.155. The van der Waals surface area contributed by atoms with Gasteiger partial charge in [0.05, 0.1) is 5.69 Å². The molecule has 0 aliphatic carbocycles. The molecule has 0 aliphatic heterocycles. The monoisotopic (exact) mass is 311 g/mol. The van der Waals surface area contributed by atoms with Crippen LogP contribution in [0.5, 0.6) is 0 Å². The van der Waals surface area contributed by atoms with E-state index in [0.717, 1.165) is 5.56 Å². The minimum atomic E-state index is -0.483. The molecule has 1 heterocycles. The second kappa shape index (κ2) is 4.89. The van der Waals surface area contributed by atoms with Gasteiger partial charge < -0.3 is 5.32 Å². The fraction of sp³-hybridized carbons (Fsp3) is 0.167. The number of aromatic nitrogens is 2. The van der Waals surface area contributed by atoms with Crippen molar-refractivity contribution in [2.24, 2.45) is 7.05 Å². The number of rotatable bonds is 2. The third-order valence-corrected chi connectivity index (χ3v) is 3.40. The van der Waals surface area contributed by atoms with E-state index in [9.17, 15) is 9.18 Å². The van der Waals surface area contributed by atoms with Gasteiger partial charge in [0.1, 0.15) is 11.5 Å². The maximum atomic E-state index is 13.7. The van der Waals surface area contributed by atoms with Gasteiger partial charge in [-0.3, -0.25) is 9.48 Å². The summed E-state index contributed by atoms with van der Waals surface area (Å²) in [6.45, 7) is 1.82. The number of carbonyl (C=O) groups is 1. The summed E-state index contributed by atoms with van der Waals surface area (Å²) in [7, 11) is 1.65. The molecule has 1 N–H and O–H groups in total. The average molecular weight is 312 g/mol. The lowest BCUT2D eigenvalue weighted by Gasteiger charge is -2.08. The summed E-state index contributed by atoms with van der Waals surface area (Å²) in [4.78, 5) is 11.9. The Labute approximate surface area is 112 Å². The Morgan fingerprint density at radius 1 is 1.50 bits per heavy atom. The molecule has 0 atom stereocenters. The van der Waals surface area contributed by atoms with Gasteiger partial charge in [0.15, 0.2) is 0 Å². The predicted molar refractivity (Wildman–Crippen MR) is 70.0 cm³/mol. The Morgan fingerprint density at radius 2 is 2.22 bits per heavy atom. The largest absolute Gasteiger partial charge is 0.318 e. The molecule has 2 rings (SSSR count). The lowest BCUT2D eigenvalue weighted by atomic mass is 10.2. The van der Waals surface area contributed by atoms with E-state index in [-0.39, 0.29) is 5.69 Å². The maximum Gasteiger partial charge on any atom is 0.273 e. The van der Waals surface area contributed by atoms with Crippen LogP contribution in [0, 0.1) is 12.7 Å². The van der Waals surface area contributed by atoms with Crippen molar-refractivity contribution in [2.75, 3.05) is 5.32 Å². The summed E-state index contributed by atoms with van der Waals surface area (Å²) in [6.07, 6.45) is 1.51. The van der Waals surface area contributed by atoms with E-state index in [4.69, 9.17) is 0 Å². The molecule has 0 saturated heterocycles. The lowest BCUT2D eigenvalue weighted by molar-refractivity contribution is 0.101. The number of aryl methyl sites for hydroxylation is 2. The van der Waals surface area contributed by atoms with Crippen LogP contribution < -0.4 is 5.32 Å². The summed E-state index contributed by atoms with van der Waals surface area (Å²) >= 11 is 3.23. The Bertz CT molecular complexity index is 609. The number of amides is 1. The van der Waals surface area contributed by atoms with Gasteiger partial charge in [-0.1, -0.05) is 15.9 Å². The molecule has 94 valence electrons. The van der Waals surface area contributed by atoms with Crippen molar-refractivity contribution in [3.8, 4) is 0 Å². The zero-order valence-electron chi connectivity index (χ0n) is 9.87. The Kier molecular flexibility index (Phi) is 3.47. The number of benzene rings is 1. The molecular formula is C12H11BrFN3O. The Morgan fingerprint density at radius 3 is 2.83 bits per heavy atom. The van der Waals surface area contributed by atoms with Gasteiger partial charge in [-0.25, -0.2) is 4.39 Å². The molecule has 0 unspecified atom stereocenters. The van der Waals surface area contributed by atoms with E-state index in [2.05, 4.69) is 26.3 Å². The van der Waals surface area contributed by atoms with Crippen LogP contribution >= 0.6 is 15.9 Å². The molecule has 18 heavy (non-hydrogen) atoms. The van der Waals surface area contributed by atoms with Crippen LogP contribution in [-0.2, 0) is 7.05 Å². The van der Waals surface area contributed by atoms with Gasteiger partial charge in [-0.05, 0) is 30.7 Å². The Hall–Kier alpha value is -1.69. The van der Waals surface area contributed by atoms with Crippen molar-refractivity contribution >= 4 is 27.5 Å². The van der Waals surface area contributed by atoms with Crippen molar-refractivity contribution in [3.05, 3.63) is 45.9 Å². The van der Waals surface area contributed by atoms with Gasteiger partial charge in [-0.2, -0.15) is 5.10 Å². The molecule has 0 radical (unpaired) electrons. The first kappa shape index (κ1) is 12.8. The van der Waals surface area contributed by atoms with Crippen molar-refractivity contribution in [2.45, 2.75) is 6.92 Å². The van der Waals surface area contributed by atoms with Crippen molar-refractivity contribution < 1.29 is 9.18 Å². The molecule has 0 bridgehead atoms. The molecule has 1 aromatic carbocycles. The Balaban J connectivity index is 2.28. The van der Waals surface area contributed by atoms with Crippen LogP contribution in [0.4, 0.5) is 10.1 Å². The summed E-state index contributed by atoms with van der Waals surface area (Å²) in [5, 5.41) is 6.41. The van der Waals surface area contributed by atoms with Crippen LogP contribution in [0.1, 0.15) is 16.1 Å². The molecule has 0 aliphatic rings. The van der Waals surface area contributed by atoms with Gasteiger partial charge in [0.2, 0.25) is 0 Å². The number of nitrogens with zero attached hydrogens (tertiary/aromatic N) is 2. The highest BCUT2D eigenvalue weighted by Gasteiger charge is 2.13. The van der Waals surface area contributed by atoms with Crippen molar-refractivity contribution in [3.63, 3.8) is 0 Å². The minimum Gasteiger partial charge on any atom is -0.318 e. The highest BCUT2D eigenvalue weighted by molar-refractivity contribution is 9.10. The summed E-state index contributed by atoms with van der Waals surface area (Å²) < 4.78 is 15.8. The molecule has 2 aromatic rings. The highest BCUT2D eigenvalue weighted by atomic mass is 79.9. The average Bonchev–Trinajstić information content (AvgIpc) is 2.72. The smallest absolute Gasteiger partial charge is 0.273 e. The van der Waals surface area contributed by atoms with Gasteiger partial charge >= 0.3 is 0 Å². The summed E-state index contributed by atoms with van der Waals surface area (Å²) in [5.74, 6) is -0.876. The topological polar surface area (TPSA) is 46.9 Å².